The van der Waals surface area contributed by atoms with Gasteiger partial charge in [0.2, 0.25) is 10.0 Å². The van der Waals surface area contributed by atoms with Gasteiger partial charge in [-0.05, 0) is 71.8 Å². The van der Waals surface area contributed by atoms with E-state index in [1.807, 2.05) is 6.07 Å². The van der Waals surface area contributed by atoms with E-state index >= 15 is 0 Å². The number of halogens is 2. The molecule has 9 nitrogen and oxygen atoms in total. The van der Waals surface area contributed by atoms with Gasteiger partial charge in [0.1, 0.15) is 5.75 Å². The summed E-state index contributed by atoms with van der Waals surface area (Å²) in [4.78, 5) is 24.9. The van der Waals surface area contributed by atoms with Crippen LogP contribution < -0.4 is 15.5 Å². The van der Waals surface area contributed by atoms with Gasteiger partial charge >= 0.3 is 0 Å². The Morgan fingerprint density at radius 3 is 2.19 bits per heavy atom. The van der Waals surface area contributed by atoms with Crippen LogP contribution in [0.25, 0.3) is 0 Å². The number of hydrogen-bond donors (Lipinski definition) is 2. The first kappa shape index (κ1) is 30.7. The summed E-state index contributed by atoms with van der Waals surface area (Å²) in [6.45, 7) is -0.686. The third-order valence-electron chi connectivity index (χ3n) is 5.77. The van der Waals surface area contributed by atoms with Crippen molar-refractivity contribution in [2.45, 2.75) is 11.4 Å². The number of benzene rings is 4. The third-order valence-corrected chi connectivity index (χ3v) is 8.16. The summed E-state index contributed by atoms with van der Waals surface area (Å²) in [7, 11) is -4.01. The van der Waals surface area contributed by atoms with E-state index in [2.05, 4.69) is 15.8 Å². The van der Waals surface area contributed by atoms with Crippen LogP contribution in [-0.4, -0.2) is 43.9 Å². The van der Waals surface area contributed by atoms with Crippen LogP contribution in [0.5, 0.6) is 5.75 Å². The molecule has 2 N–H and O–H groups in total. The summed E-state index contributed by atoms with van der Waals surface area (Å²) in [6, 6.07) is 28.2. The molecule has 0 unspecified atom stereocenters. The molecule has 0 spiro atoms. The Morgan fingerprint density at radius 2 is 1.50 bits per heavy atom. The molecule has 0 saturated carbocycles. The van der Waals surface area contributed by atoms with Crippen LogP contribution >= 0.6 is 23.2 Å². The van der Waals surface area contributed by atoms with E-state index in [0.717, 1.165) is 9.87 Å². The molecule has 2 amide bonds. The fraction of sp³-hybridized carbons (Fsp3) is 0.100. The van der Waals surface area contributed by atoms with E-state index in [1.165, 1.54) is 30.5 Å². The van der Waals surface area contributed by atoms with Crippen molar-refractivity contribution in [2.75, 3.05) is 18.5 Å². The molecule has 0 bridgehead atoms. The average Bonchev–Trinajstić information content (AvgIpc) is 2.98. The van der Waals surface area contributed by atoms with Crippen LogP contribution in [0.2, 0.25) is 10.0 Å². The fourth-order valence-electron chi connectivity index (χ4n) is 3.69. The Hall–Kier alpha value is -4.22. The van der Waals surface area contributed by atoms with Crippen molar-refractivity contribution < 1.29 is 22.7 Å². The van der Waals surface area contributed by atoms with Crippen molar-refractivity contribution >= 4 is 56.9 Å². The Balaban J connectivity index is 1.32. The van der Waals surface area contributed by atoms with Gasteiger partial charge in [0.05, 0.1) is 28.4 Å². The lowest BCUT2D eigenvalue weighted by Crippen LogP contribution is -2.39. The van der Waals surface area contributed by atoms with Crippen molar-refractivity contribution in [3.63, 3.8) is 0 Å². The topological polar surface area (TPSA) is 117 Å². The maximum Gasteiger partial charge on any atom is 0.262 e. The van der Waals surface area contributed by atoms with Crippen molar-refractivity contribution in [3.05, 3.63) is 124 Å². The normalized spacial score (nSPS) is 11.4. The lowest BCUT2D eigenvalue weighted by atomic mass is 10.2. The van der Waals surface area contributed by atoms with Crippen LogP contribution in [0.3, 0.4) is 0 Å². The molecular weight excluding hydrogens is 599 g/mol. The molecule has 0 fully saturated rings. The second kappa shape index (κ2) is 14.6. The molecule has 0 aliphatic carbocycles. The van der Waals surface area contributed by atoms with Crippen LogP contribution in [0.1, 0.15) is 11.1 Å². The van der Waals surface area contributed by atoms with E-state index in [9.17, 15) is 18.0 Å². The zero-order valence-corrected chi connectivity index (χ0v) is 24.4. The Bertz CT molecular complexity index is 1650. The molecule has 4 rings (SSSR count). The number of para-hydroxylation sites is 1. The predicted octanol–water partition coefficient (Wildman–Crippen LogP) is 5.35. The Labute approximate surface area is 253 Å². The minimum absolute atomic E-state index is 0.0131. The number of rotatable bonds is 12. The van der Waals surface area contributed by atoms with Crippen molar-refractivity contribution in [3.8, 4) is 5.75 Å². The summed E-state index contributed by atoms with van der Waals surface area (Å²) in [5, 5.41) is 7.44. The number of amides is 2. The average molecular weight is 626 g/mol. The second-order valence-corrected chi connectivity index (χ2v) is 11.7. The zero-order chi connectivity index (χ0) is 30.0. The lowest BCUT2D eigenvalue weighted by Gasteiger charge is -2.21. The van der Waals surface area contributed by atoms with E-state index < -0.39 is 22.5 Å². The highest BCUT2D eigenvalue weighted by Gasteiger charge is 2.27. The monoisotopic (exact) mass is 624 g/mol. The van der Waals surface area contributed by atoms with Crippen LogP contribution in [-0.2, 0) is 26.2 Å². The fourth-order valence-corrected chi connectivity index (χ4v) is 5.38. The number of carbonyl (C=O) groups excluding carboxylic acids is 2. The first-order chi connectivity index (χ1) is 20.2. The van der Waals surface area contributed by atoms with E-state index in [-0.39, 0.29) is 24.0 Å². The maximum absolute atomic E-state index is 13.3. The number of nitrogens with zero attached hydrogens (tertiary/aromatic N) is 2. The highest BCUT2D eigenvalue weighted by molar-refractivity contribution is 7.89. The molecule has 12 heteroatoms. The van der Waals surface area contributed by atoms with Crippen LogP contribution in [0.15, 0.2) is 113 Å². The molecular formula is C30H26Cl2N4O5S. The van der Waals surface area contributed by atoms with Gasteiger partial charge in [0.25, 0.3) is 11.8 Å². The molecule has 0 saturated heterocycles. The van der Waals surface area contributed by atoms with Gasteiger partial charge in [-0.2, -0.15) is 9.41 Å². The van der Waals surface area contributed by atoms with Crippen molar-refractivity contribution in [1.29, 1.82) is 0 Å². The van der Waals surface area contributed by atoms with Gasteiger partial charge < -0.3 is 10.1 Å². The minimum atomic E-state index is -4.01. The van der Waals surface area contributed by atoms with Gasteiger partial charge in [-0.15, -0.1) is 0 Å². The Morgan fingerprint density at radius 1 is 0.833 bits per heavy atom. The predicted molar refractivity (Wildman–Crippen MR) is 163 cm³/mol. The molecule has 0 aromatic heterocycles. The first-order valence-electron chi connectivity index (χ1n) is 12.6. The van der Waals surface area contributed by atoms with Crippen LogP contribution in [0, 0.1) is 0 Å². The summed E-state index contributed by atoms with van der Waals surface area (Å²) < 4.78 is 33.2. The molecule has 0 aliphatic rings. The zero-order valence-electron chi connectivity index (χ0n) is 22.1. The van der Waals surface area contributed by atoms with Gasteiger partial charge in [0.15, 0.2) is 6.61 Å². The summed E-state index contributed by atoms with van der Waals surface area (Å²) in [5.41, 5.74) is 4.22. The SMILES string of the molecule is O=C(CN(Cc1ccccc1)S(=O)(=O)c1ccc(Cl)cc1)N/N=C\c1ccc(OCC(=O)Nc2ccccc2Cl)cc1. The highest BCUT2D eigenvalue weighted by atomic mass is 35.5. The van der Waals surface area contributed by atoms with E-state index in [4.69, 9.17) is 27.9 Å². The standard InChI is InChI=1S/C30H26Cl2N4O5S/c31-24-12-16-26(17-13-24)42(39,40)36(19-23-6-2-1-3-7-23)20-29(37)35-33-18-22-10-14-25(15-11-22)41-21-30(38)34-28-9-5-4-8-27(28)32/h1-18H,19-21H2,(H,34,38)(H,35,37)/b33-18-. The summed E-state index contributed by atoms with van der Waals surface area (Å²) in [5.74, 6) is -0.533. The number of carbonyl (C=O) groups is 2. The molecule has 4 aromatic carbocycles. The highest BCUT2D eigenvalue weighted by Crippen LogP contribution is 2.21. The van der Waals surface area contributed by atoms with E-state index in [1.54, 1.807) is 72.8 Å². The third kappa shape index (κ3) is 8.89. The first-order valence-corrected chi connectivity index (χ1v) is 14.8. The largest absolute Gasteiger partial charge is 0.484 e. The van der Waals surface area contributed by atoms with E-state index in [0.29, 0.717) is 27.0 Å². The Kier molecular flexibility index (Phi) is 10.7. The summed E-state index contributed by atoms with van der Waals surface area (Å²) in [6.07, 6.45) is 1.40. The second-order valence-electron chi connectivity index (χ2n) is 8.89. The van der Waals surface area contributed by atoms with Gasteiger partial charge in [-0.1, -0.05) is 65.7 Å². The van der Waals surface area contributed by atoms with Crippen molar-refractivity contribution in [1.82, 2.24) is 9.73 Å². The maximum atomic E-state index is 13.3. The molecule has 42 heavy (non-hydrogen) atoms. The number of ether oxygens (including phenoxy) is 1. The van der Waals surface area contributed by atoms with Gasteiger partial charge in [-0.3, -0.25) is 9.59 Å². The quantitative estimate of drug-likeness (QED) is 0.163. The smallest absolute Gasteiger partial charge is 0.262 e. The molecule has 0 atom stereocenters. The minimum Gasteiger partial charge on any atom is -0.484 e. The molecule has 216 valence electrons. The summed E-state index contributed by atoms with van der Waals surface area (Å²) >= 11 is 12.0. The van der Waals surface area contributed by atoms with Crippen LogP contribution in [0.4, 0.5) is 5.69 Å². The number of nitrogens with one attached hydrogen (secondary N) is 2. The molecule has 4 aromatic rings. The number of hydrogen-bond acceptors (Lipinski definition) is 6. The number of sulfonamides is 1. The molecule has 0 heterocycles. The number of anilines is 1. The molecule has 0 radical (unpaired) electrons. The lowest BCUT2D eigenvalue weighted by molar-refractivity contribution is -0.121. The van der Waals surface area contributed by atoms with Gasteiger partial charge in [-0.25, -0.2) is 13.8 Å². The number of hydrazone groups is 1. The van der Waals surface area contributed by atoms with Gasteiger partial charge in [0, 0.05) is 11.6 Å². The molecule has 0 aliphatic heterocycles. The van der Waals surface area contributed by atoms with Crippen molar-refractivity contribution in [2.24, 2.45) is 5.10 Å².